The summed E-state index contributed by atoms with van der Waals surface area (Å²) >= 11 is 0. The molecule has 0 spiro atoms. The molecule has 1 aromatic carbocycles. The van der Waals surface area contributed by atoms with Crippen LogP contribution in [0.3, 0.4) is 0 Å². The maximum absolute atomic E-state index is 10.7. The monoisotopic (exact) mass is 214 g/mol. The van der Waals surface area contributed by atoms with E-state index in [0.29, 0.717) is 12.4 Å². The first-order valence-electron chi connectivity index (χ1n) is 3.85. The molecule has 0 bridgehead atoms. The van der Waals surface area contributed by atoms with Crippen molar-refractivity contribution in [2.24, 2.45) is 0 Å². The average molecular weight is 214 g/mol. The van der Waals surface area contributed by atoms with Gasteiger partial charge in [-0.2, -0.15) is 8.42 Å². The predicted molar refractivity (Wildman–Crippen MR) is 51.9 cm³/mol. The fourth-order valence-electron chi connectivity index (χ4n) is 0.863. The quantitative estimate of drug-likeness (QED) is 0.609. The molecule has 1 aromatic rings. The smallest absolute Gasteiger partial charge is 0.294 e. The molecule has 0 aliphatic carbocycles. The van der Waals surface area contributed by atoms with Crippen molar-refractivity contribution in [1.82, 2.24) is 0 Å². The first kappa shape index (κ1) is 10.7. The number of benzene rings is 1. The Morgan fingerprint density at radius 2 is 1.93 bits per heavy atom. The van der Waals surface area contributed by atoms with Gasteiger partial charge in [-0.1, -0.05) is 12.7 Å². The molecule has 0 aliphatic rings. The van der Waals surface area contributed by atoms with Crippen molar-refractivity contribution in [2.45, 2.75) is 4.90 Å². The fourth-order valence-corrected chi connectivity index (χ4v) is 1.34. The van der Waals surface area contributed by atoms with Gasteiger partial charge in [-0.3, -0.25) is 4.55 Å². The summed E-state index contributed by atoms with van der Waals surface area (Å²) < 4.78 is 35.1. The first-order valence-corrected chi connectivity index (χ1v) is 5.29. The molecule has 0 unspecified atom stereocenters. The first-order chi connectivity index (χ1) is 6.54. The van der Waals surface area contributed by atoms with Gasteiger partial charge in [0.15, 0.2) is 0 Å². The van der Waals surface area contributed by atoms with Gasteiger partial charge in [0.1, 0.15) is 12.4 Å². The third-order valence-corrected chi connectivity index (χ3v) is 2.36. The van der Waals surface area contributed by atoms with E-state index in [9.17, 15) is 8.42 Å². The molecular weight excluding hydrogens is 204 g/mol. The van der Waals surface area contributed by atoms with Gasteiger partial charge in [-0.25, -0.2) is 0 Å². The van der Waals surface area contributed by atoms with Gasteiger partial charge in [-0.05, 0) is 24.3 Å². The van der Waals surface area contributed by atoms with Crippen LogP contribution in [0.4, 0.5) is 0 Å². The van der Waals surface area contributed by atoms with Crippen molar-refractivity contribution in [2.75, 3.05) is 6.61 Å². The highest BCUT2D eigenvalue weighted by Gasteiger charge is 2.08. The molecule has 1 rings (SSSR count). The summed E-state index contributed by atoms with van der Waals surface area (Å²) in [6.07, 6.45) is 1.58. The summed E-state index contributed by atoms with van der Waals surface area (Å²) in [5.41, 5.74) is 0. The molecule has 0 radical (unpaired) electrons. The highest BCUT2D eigenvalue weighted by atomic mass is 32.2. The summed E-state index contributed by atoms with van der Waals surface area (Å²) in [6.45, 7) is 3.82. The Kier molecular flexibility index (Phi) is 3.27. The van der Waals surface area contributed by atoms with E-state index in [0.717, 1.165) is 0 Å². The van der Waals surface area contributed by atoms with Crippen LogP contribution < -0.4 is 4.74 Å². The zero-order valence-electron chi connectivity index (χ0n) is 7.38. The van der Waals surface area contributed by atoms with E-state index in [-0.39, 0.29) is 4.90 Å². The van der Waals surface area contributed by atoms with Crippen LogP contribution >= 0.6 is 0 Å². The molecule has 5 heteroatoms. The van der Waals surface area contributed by atoms with Crippen LogP contribution in [-0.2, 0) is 10.1 Å². The summed E-state index contributed by atoms with van der Waals surface area (Å²) in [5.74, 6) is 0.525. The molecule has 0 fully saturated rings. The SMILES string of the molecule is C=CCOc1ccc(S(=O)(=O)O)cc1. The molecule has 0 aliphatic heterocycles. The fraction of sp³-hybridized carbons (Fsp3) is 0.111. The number of hydrogen-bond donors (Lipinski definition) is 1. The maximum atomic E-state index is 10.7. The van der Waals surface area contributed by atoms with E-state index in [2.05, 4.69) is 6.58 Å². The third kappa shape index (κ3) is 2.86. The number of rotatable bonds is 4. The second kappa shape index (κ2) is 4.26. The van der Waals surface area contributed by atoms with Crippen LogP contribution in [-0.4, -0.2) is 19.6 Å². The van der Waals surface area contributed by atoms with Crippen molar-refractivity contribution in [3.05, 3.63) is 36.9 Å². The minimum absolute atomic E-state index is 0.150. The van der Waals surface area contributed by atoms with Gasteiger partial charge in [0.25, 0.3) is 10.1 Å². The van der Waals surface area contributed by atoms with Crippen LogP contribution in [0.1, 0.15) is 0 Å². The molecule has 0 saturated heterocycles. The van der Waals surface area contributed by atoms with Crippen molar-refractivity contribution in [1.29, 1.82) is 0 Å². The van der Waals surface area contributed by atoms with Crippen LogP contribution in [0.15, 0.2) is 41.8 Å². The van der Waals surface area contributed by atoms with Crippen LogP contribution in [0, 0.1) is 0 Å². The lowest BCUT2D eigenvalue weighted by molar-refractivity contribution is 0.363. The Bertz CT molecular complexity index is 405. The zero-order valence-corrected chi connectivity index (χ0v) is 8.20. The van der Waals surface area contributed by atoms with Crippen LogP contribution in [0.2, 0.25) is 0 Å². The van der Waals surface area contributed by atoms with Gasteiger partial charge in [0.05, 0.1) is 4.90 Å². The predicted octanol–water partition coefficient (Wildman–Crippen LogP) is 1.50. The van der Waals surface area contributed by atoms with Gasteiger partial charge >= 0.3 is 0 Å². The Hall–Kier alpha value is -1.33. The van der Waals surface area contributed by atoms with E-state index < -0.39 is 10.1 Å². The lowest BCUT2D eigenvalue weighted by Crippen LogP contribution is -1.98. The van der Waals surface area contributed by atoms with E-state index in [1.54, 1.807) is 6.08 Å². The minimum Gasteiger partial charge on any atom is -0.490 e. The molecule has 14 heavy (non-hydrogen) atoms. The van der Waals surface area contributed by atoms with Crippen molar-refractivity contribution < 1.29 is 17.7 Å². The standard InChI is InChI=1S/C9H10O4S/c1-2-7-13-8-3-5-9(6-4-8)14(10,11)12/h2-6H,1,7H2,(H,10,11,12). The summed E-state index contributed by atoms with van der Waals surface area (Å²) in [7, 11) is -4.12. The van der Waals surface area contributed by atoms with Gasteiger partial charge in [0.2, 0.25) is 0 Å². The van der Waals surface area contributed by atoms with E-state index >= 15 is 0 Å². The Morgan fingerprint density at radius 3 is 2.36 bits per heavy atom. The van der Waals surface area contributed by atoms with Crippen LogP contribution in [0.5, 0.6) is 5.75 Å². The molecule has 0 atom stereocenters. The third-order valence-electron chi connectivity index (χ3n) is 1.49. The molecule has 0 heterocycles. The van der Waals surface area contributed by atoms with E-state index in [1.807, 2.05) is 0 Å². The van der Waals surface area contributed by atoms with E-state index in [4.69, 9.17) is 9.29 Å². The van der Waals surface area contributed by atoms with Crippen LogP contribution in [0.25, 0.3) is 0 Å². The zero-order chi connectivity index (χ0) is 10.6. The molecule has 4 nitrogen and oxygen atoms in total. The number of hydrogen-bond acceptors (Lipinski definition) is 3. The maximum Gasteiger partial charge on any atom is 0.294 e. The highest BCUT2D eigenvalue weighted by molar-refractivity contribution is 7.85. The molecule has 0 amide bonds. The molecule has 0 saturated carbocycles. The lowest BCUT2D eigenvalue weighted by Gasteiger charge is -2.02. The van der Waals surface area contributed by atoms with Crippen molar-refractivity contribution in [3.8, 4) is 5.75 Å². The molecule has 0 aromatic heterocycles. The molecular formula is C9H10O4S. The molecule has 76 valence electrons. The van der Waals surface area contributed by atoms with Crippen molar-refractivity contribution in [3.63, 3.8) is 0 Å². The van der Waals surface area contributed by atoms with Gasteiger partial charge in [0, 0.05) is 0 Å². The Morgan fingerprint density at radius 1 is 1.36 bits per heavy atom. The minimum atomic E-state index is -4.12. The Balaban J connectivity index is 2.84. The second-order valence-electron chi connectivity index (χ2n) is 2.55. The summed E-state index contributed by atoms with van der Waals surface area (Å²) in [4.78, 5) is -0.150. The average Bonchev–Trinajstić information content (AvgIpc) is 2.14. The summed E-state index contributed by atoms with van der Waals surface area (Å²) in [6, 6.07) is 5.47. The second-order valence-corrected chi connectivity index (χ2v) is 3.97. The normalized spacial score (nSPS) is 10.9. The lowest BCUT2D eigenvalue weighted by atomic mass is 10.3. The number of ether oxygens (including phenoxy) is 1. The van der Waals surface area contributed by atoms with Gasteiger partial charge < -0.3 is 4.74 Å². The molecule has 1 N–H and O–H groups in total. The largest absolute Gasteiger partial charge is 0.490 e. The van der Waals surface area contributed by atoms with Crippen molar-refractivity contribution >= 4 is 10.1 Å². The van der Waals surface area contributed by atoms with E-state index in [1.165, 1.54) is 24.3 Å². The highest BCUT2D eigenvalue weighted by Crippen LogP contribution is 2.15. The topological polar surface area (TPSA) is 63.6 Å². The Labute approximate surface area is 82.6 Å². The van der Waals surface area contributed by atoms with Gasteiger partial charge in [-0.15, -0.1) is 0 Å². The summed E-state index contributed by atoms with van der Waals surface area (Å²) in [5, 5.41) is 0.